The summed E-state index contributed by atoms with van der Waals surface area (Å²) in [5.74, 6) is 0.827. The molecule has 0 saturated heterocycles. The van der Waals surface area contributed by atoms with Crippen molar-refractivity contribution < 1.29 is 0 Å². The number of rotatable bonds is 3. The molecule has 0 aromatic heterocycles. The van der Waals surface area contributed by atoms with Crippen LogP contribution in [-0.4, -0.2) is 0 Å². The Bertz CT molecular complexity index is 297. The molecule has 0 N–H and O–H groups in total. The molecule has 0 atom stereocenters. The molecular formula is C10H9NS. The Hall–Kier alpha value is -1.20. The molecule has 0 aliphatic rings. The first-order valence-corrected chi connectivity index (χ1v) is 4.57. The van der Waals surface area contributed by atoms with Gasteiger partial charge in [0.1, 0.15) is 6.07 Å². The van der Waals surface area contributed by atoms with E-state index in [2.05, 4.69) is 6.58 Å². The van der Waals surface area contributed by atoms with Crippen LogP contribution in [0.2, 0.25) is 0 Å². The van der Waals surface area contributed by atoms with Crippen molar-refractivity contribution in [3.8, 4) is 6.07 Å². The third-order valence-electron chi connectivity index (χ3n) is 1.38. The summed E-state index contributed by atoms with van der Waals surface area (Å²) in [4.78, 5) is 0.568. The zero-order valence-electron chi connectivity index (χ0n) is 6.66. The highest BCUT2D eigenvalue weighted by Gasteiger charge is 1.93. The molecular weight excluding hydrogens is 166 g/mol. The Kier molecular flexibility index (Phi) is 3.43. The lowest BCUT2D eigenvalue weighted by Crippen LogP contribution is -1.78. The molecule has 1 rings (SSSR count). The lowest BCUT2D eigenvalue weighted by Gasteiger charge is -1.97. The summed E-state index contributed by atoms with van der Waals surface area (Å²) < 4.78 is 0. The Morgan fingerprint density at radius 1 is 1.42 bits per heavy atom. The number of hydrogen-bond donors (Lipinski definition) is 0. The molecule has 0 spiro atoms. The Balaban J connectivity index is 2.45. The van der Waals surface area contributed by atoms with Crippen molar-refractivity contribution in [1.82, 2.24) is 0 Å². The second-order valence-corrected chi connectivity index (χ2v) is 3.38. The second-order valence-electron chi connectivity index (χ2n) is 2.31. The van der Waals surface area contributed by atoms with Gasteiger partial charge in [0.2, 0.25) is 0 Å². The monoisotopic (exact) mass is 175 g/mol. The lowest BCUT2D eigenvalue weighted by atomic mass is 10.2. The molecule has 1 aromatic rings. The zero-order chi connectivity index (χ0) is 8.81. The van der Waals surface area contributed by atoms with Crippen LogP contribution < -0.4 is 0 Å². The maximum atomic E-state index is 8.44. The zero-order valence-corrected chi connectivity index (χ0v) is 7.47. The fourth-order valence-electron chi connectivity index (χ4n) is 0.777. The van der Waals surface area contributed by atoms with Crippen LogP contribution in [0.25, 0.3) is 0 Å². The summed E-state index contributed by atoms with van der Waals surface area (Å²) in [5, 5.41) is 8.44. The summed E-state index contributed by atoms with van der Waals surface area (Å²) >= 11 is 1.47. The smallest absolute Gasteiger partial charge is 0.105 e. The quantitative estimate of drug-likeness (QED) is 0.659. The molecule has 0 bridgehead atoms. The molecule has 0 heterocycles. The molecule has 0 amide bonds. The van der Waals surface area contributed by atoms with Gasteiger partial charge in [-0.15, -0.1) is 11.8 Å². The van der Waals surface area contributed by atoms with E-state index in [0.717, 1.165) is 5.75 Å². The van der Waals surface area contributed by atoms with E-state index in [-0.39, 0.29) is 0 Å². The molecule has 1 aromatic carbocycles. The van der Waals surface area contributed by atoms with Crippen molar-refractivity contribution >= 4 is 11.8 Å². The molecule has 0 aliphatic carbocycles. The predicted molar refractivity (Wildman–Crippen MR) is 52.5 cm³/mol. The molecule has 2 heteroatoms. The van der Waals surface area contributed by atoms with Gasteiger partial charge in [-0.1, -0.05) is 36.9 Å². The first kappa shape index (κ1) is 8.89. The van der Waals surface area contributed by atoms with Crippen molar-refractivity contribution in [2.24, 2.45) is 0 Å². The second kappa shape index (κ2) is 4.63. The Morgan fingerprint density at radius 3 is 2.67 bits per heavy atom. The average Bonchev–Trinajstić information content (AvgIpc) is 2.16. The highest BCUT2D eigenvalue weighted by molar-refractivity contribution is 8.02. The minimum absolute atomic E-state index is 0.568. The molecule has 0 radical (unpaired) electrons. The van der Waals surface area contributed by atoms with Gasteiger partial charge < -0.3 is 0 Å². The van der Waals surface area contributed by atoms with Crippen LogP contribution in [0.15, 0.2) is 41.8 Å². The van der Waals surface area contributed by atoms with Crippen molar-refractivity contribution in [2.75, 3.05) is 0 Å². The predicted octanol–water partition coefficient (Wildman–Crippen LogP) is 2.96. The Labute approximate surface area is 76.7 Å². The summed E-state index contributed by atoms with van der Waals surface area (Å²) in [6.45, 7) is 3.59. The standard InChI is InChI=1S/C10H9NS/c1-9(7-11)12-8-10-5-3-2-4-6-10/h2-6H,1,8H2. The van der Waals surface area contributed by atoms with Gasteiger partial charge in [0.25, 0.3) is 0 Å². The van der Waals surface area contributed by atoms with E-state index in [1.54, 1.807) is 0 Å². The molecule has 0 unspecified atom stereocenters. The molecule has 12 heavy (non-hydrogen) atoms. The number of thioether (sulfide) groups is 1. The van der Waals surface area contributed by atoms with Gasteiger partial charge in [-0.3, -0.25) is 0 Å². The van der Waals surface area contributed by atoms with E-state index in [0.29, 0.717) is 4.91 Å². The fraction of sp³-hybridized carbons (Fsp3) is 0.100. The summed E-state index contributed by atoms with van der Waals surface area (Å²) in [7, 11) is 0. The van der Waals surface area contributed by atoms with Crippen LogP contribution in [-0.2, 0) is 5.75 Å². The largest absolute Gasteiger partial charge is 0.192 e. The highest BCUT2D eigenvalue weighted by atomic mass is 32.2. The van der Waals surface area contributed by atoms with E-state index >= 15 is 0 Å². The van der Waals surface area contributed by atoms with E-state index in [9.17, 15) is 0 Å². The number of benzene rings is 1. The third kappa shape index (κ3) is 2.81. The van der Waals surface area contributed by atoms with Crippen LogP contribution in [0.5, 0.6) is 0 Å². The van der Waals surface area contributed by atoms with Gasteiger partial charge in [0.05, 0.1) is 4.91 Å². The topological polar surface area (TPSA) is 23.8 Å². The van der Waals surface area contributed by atoms with Crippen LogP contribution in [0.4, 0.5) is 0 Å². The van der Waals surface area contributed by atoms with Crippen molar-refractivity contribution in [2.45, 2.75) is 5.75 Å². The van der Waals surface area contributed by atoms with Gasteiger partial charge in [-0.25, -0.2) is 0 Å². The number of hydrogen-bond acceptors (Lipinski definition) is 2. The molecule has 0 fully saturated rings. The summed E-state index contributed by atoms with van der Waals surface area (Å²) in [6, 6.07) is 12.0. The maximum Gasteiger partial charge on any atom is 0.105 e. The normalized spacial score (nSPS) is 8.92. The summed E-state index contributed by atoms with van der Waals surface area (Å²) in [6.07, 6.45) is 0. The van der Waals surface area contributed by atoms with Crippen LogP contribution >= 0.6 is 11.8 Å². The third-order valence-corrected chi connectivity index (χ3v) is 2.30. The van der Waals surface area contributed by atoms with Crippen molar-refractivity contribution in [1.29, 1.82) is 5.26 Å². The van der Waals surface area contributed by atoms with Crippen LogP contribution in [0.1, 0.15) is 5.56 Å². The average molecular weight is 175 g/mol. The molecule has 0 saturated carbocycles. The van der Waals surface area contributed by atoms with Gasteiger partial charge in [0.15, 0.2) is 0 Å². The minimum Gasteiger partial charge on any atom is -0.192 e. The molecule has 1 nitrogen and oxygen atoms in total. The van der Waals surface area contributed by atoms with Gasteiger partial charge in [0, 0.05) is 5.75 Å². The van der Waals surface area contributed by atoms with E-state index in [1.807, 2.05) is 36.4 Å². The van der Waals surface area contributed by atoms with Crippen LogP contribution in [0, 0.1) is 11.3 Å². The highest BCUT2D eigenvalue weighted by Crippen LogP contribution is 2.18. The Morgan fingerprint density at radius 2 is 2.08 bits per heavy atom. The number of allylic oxidation sites excluding steroid dienone is 1. The van der Waals surface area contributed by atoms with Crippen LogP contribution in [0.3, 0.4) is 0 Å². The van der Waals surface area contributed by atoms with Gasteiger partial charge in [-0.2, -0.15) is 5.26 Å². The minimum atomic E-state index is 0.568. The van der Waals surface area contributed by atoms with E-state index < -0.39 is 0 Å². The summed E-state index contributed by atoms with van der Waals surface area (Å²) in [5.41, 5.74) is 1.22. The lowest BCUT2D eigenvalue weighted by molar-refractivity contribution is 1.42. The number of nitriles is 1. The molecule has 0 aliphatic heterocycles. The SMILES string of the molecule is C=C(C#N)SCc1ccccc1. The first-order valence-electron chi connectivity index (χ1n) is 3.58. The van der Waals surface area contributed by atoms with Crippen molar-refractivity contribution in [3.05, 3.63) is 47.4 Å². The first-order chi connectivity index (χ1) is 5.83. The number of nitrogens with zero attached hydrogens (tertiary/aromatic N) is 1. The maximum absolute atomic E-state index is 8.44. The molecule has 60 valence electrons. The van der Waals surface area contributed by atoms with E-state index in [4.69, 9.17) is 5.26 Å². The van der Waals surface area contributed by atoms with Gasteiger partial charge in [-0.05, 0) is 5.56 Å². The van der Waals surface area contributed by atoms with E-state index in [1.165, 1.54) is 17.3 Å². The van der Waals surface area contributed by atoms with Gasteiger partial charge >= 0.3 is 0 Å². The fourth-order valence-corrected chi connectivity index (χ4v) is 1.37. The van der Waals surface area contributed by atoms with Crippen molar-refractivity contribution in [3.63, 3.8) is 0 Å².